The summed E-state index contributed by atoms with van der Waals surface area (Å²) in [6.07, 6.45) is 1.03. The number of ether oxygens (including phenoxy) is 1. The second kappa shape index (κ2) is 9.74. The quantitative estimate of drug-likeness (QED) is 0.692. The second-order valence-electron chi connectivity index (χ2n) is 7.79. The molecule has 3 atom stereocenters. The molecule has 2 amide bonds. The first-order valence-corrected chi connectivity index (χ1v) is 10.8. The number of halogens is 2. The van der Waals surface area contributed by atoms with E-state index in [1.807, 2.05) is 6.92 Å². The molecule has 3 rings (SSSR count). The highest BCUT2D eigenvalue weighted by atomic mass is 79.9. The van der Waals surface area contributed by atoms with E-state index in [0.29, 0.717) is 11.0 Å². The summed E-state index contributed by atoms with van der Waals surface area (Å²) in [5, 5.41) is 9.65. The molecule has 0 fully saturated rings. The third-order valence-electron chi connectivity index (χ3n) is 5.39. The molecule has 0 radical (unpaired) electrons. The summed E-state index contributed by atoms with van der Waals surface area (Å²) >= 11 is 3.33. The predicted molar refractivity (Wildman–Crippen MR) is 116 cm³/mol. The molecular weight excluding hydrogens is 469 g/mol. The Hall–Kier alpha value is -2.52. The van der Waals surface area contributed by atoms with Crippen molar-refractivity contribution < 1.29 is 23.8 Å². The van der Waals surface area contributed by atoms with Gasteiger partial charge in [0.05, 0.1) is 24.8 Å². The Kier molecular flexibility index (Phi) is 7.27. The number of aromatic nitrogens is 1. The Morgan fingerprint density at radius 2 is 2.16 bits per heavy atom. The average molecular weight is 494 g/mol. The standard InChI is InChI=1S/C22H25BrFN3O4/c1-13-10-27(14(2)12-28)22(30)17-8-15(23)9-25-20(17)31-19(13)11-26(3)21(29)16-6-4-5-7-18(16)24/h4-9,13-14,19,28H,10-12H2,1-3H3/t13-,14+,19-/m0/s1. The molecule has 1 aliphatic heterocycles. The molecule has 0 bridgehead atoms. The van der Waals surface area contributed by atoms with Crippen LogP contribution in [0.5, 0.6) is 5.88 Å². The number of hydrogen-bond donors (Lipinski definition) is 1. The zero-order valence-electron chi connectivity index (χ0n) is 17.6. The predicted octanol–water partition coefficient (Wildman–Crippen LogP) is 2.98. The van der Waals surface area contributed by atoms with Gasteiger partial charge >= 0.3 is 0 Å². The fourth-order valence-electron chi connectivity index (χ4n) is 3.49. The summed E-state index contributed by atoms with van der Waals surface area (Å²) in [5.74, 6) is -1.36. The van der Waals surface area contributed by atoms with Crippen molar-refractivity contribution in [3.63, 3.8) is 0 Å². The number of pyridine rings is 1. The maximum atomic E-state index is 14.1. The van der Waals surface area contributed by atoms with E-state index in [4.69, 9.17) is 4.74 Å². The van der Waals surface area contributed by atoms with E-state index in [1.54, 1.807) is 31.0 Å². The normalized spacial score (nSPS) is 19.7. The van der Waals surface area contributed by atoms with E-state index in [0.717, 1.165) is 0 Å². The number of hydrogen-bond acceptors (Lipinski definition) is 5. The molecular formula is C22H25BrFN3O4. The molecule has 7 nitrogen and oxygen atoms in total. The monoisotopic (exact) mass is 493 g/mol. The molecule has 1 N–H and O–H groups in total. The highest BCUT2D eigenvalue weighted by Gasteiger charge is 2.34. The summed E-state index contributed by atoms with van der Waals surface area (Å²) in [5.41, 5.74) is 0.256. The topological polar surface area (TPSA) is 83.0 Å². The van der Waals surface area contributed by atoms with Crippen LogP contribution in [0, 0.1) is 11.7 Å². The number of nitrogens with zero attached hydrogens (tertiary/aromatic N) is 3. The summed E-state index contributed by atoms with van der Waals surface area (Å²) in [7, 11) is 1.58. The number of benzene rings is 1. The number of amides is 2. The zero-order valence-corrected chi connectivity index (χ0v) is 19.2. The van der Waals surface area contributed by atoms with E-state index in [2.05, 4.69) is 20.9 Å². The molecule has 0 spiro atoms. The summed E-state index contributed by atoms with van der Waals surface area (Å²) in [6, 6.07) is 7.04. The number of likely N-dealkylation sites (N-methyl/N-ethyl adjacent to an activating group) is 1. The zero-order chi connectivity index (χ0) is 22.7. The average Bonchev–Trinajstić information content (AvgIpc) is 2.76. The van der Waals surface area contributed by atoms with Gasteiger partial charge in [-0.15, -0.1) is 0 Å². The van der Waals surface area contributed by atoms with Crippen LogP contribution in [0.3, 0.4) is 0 Å². The number of carbonyl (C=O) groups is 2. The number of fused-ring (bicyclic) bond motifs is 1. The van der Waals surface area contributed by atoms with Crippen molar-refractivity contribution >= 4 is 27.7 Å². The molecule has 1 aromatic heterocycles. The highest BCUT2D eigenvalue weighted by molar-refractivity contribution is 9.10. The van der Waals surface area contributed by atoms with Gasteiger partial charge in [-0.25, -0.2) is 9.37 Å². The minimum absolute atomic E-state index is 0.0170. The molecule has 1 aromatic carbocycles. The Bertz CT molecular complexity index is 974. The van der Waals surface area contributed by atoms with Gasteiger partial charge in [0, 0.05) is 30.2 Å². The minimum Gasteiger partial charge on any atom is -0.472 e. The molecule has 0 saturated carbocycles. The highest BCUT2D eigenvalue weighted by Crippen LogP contribution is 2.28. The van der Waals surface area contributed by atoms with Crippen molar-refractivity contribution in [3.05, 3.63) is 57.9 Å². The van der Waals surface area contributed by atoms with Crippen LogP contribution in [0.2, 0.25) is 0 Å². The van der Waals surface area contributed by atoms with Gasteiger partial charge in [0.2, 0.25) is 5.88 Å². The van der Waals surface area contributed by atoms with Crippen molar-refractivity contribution in [1.29, 1.82) is 0 Å². The smallest absolute Gasteiger partial charge is 0.259 e. The number of aliphatic hydroxyl groups excluding tert-OH is 1. The third kappa shape index (κ3) is 5.04. The maximum Gasteiger partial charge on any atom is 0.259 e. The molecule has 0 saturated heterocycles. The largest absolute Gasteiger partial charge is 0.472 e. The fourth-order valence-corrected chi connectivity index (χ4v) is 3.82. The van der Waals surface area contributed by atoms with Gasteiger partial charge in [-0.3, -0.25) is 9.59 Å². The van der Waals surface area contributed by atoms with Gasteiger partial charge in [0.15, 0.2) is 0 Å². The third-order valence-corrected chi connectivity index (χ3v) is 5.83. The van der Waals surface area contributed by atoms with Gasteiger partial charge in [-0.2, -0.15) is 0 Å². The lowest BCUT2D eigenvalue weighted by molar-refractivity contribution is 0.0312. The SMILES string of the molecule is C[C@H](CO)N1C[C@H](C)[C@H](CN(C)C(=O)c2ccccc2F)Oc2ncc(Br)cc2C1=O. The van der Waals surface area contributed by atoms with E-state index >= 15 is 0 Å². The van der Waals surface area contributed by atoms with E-state index in [-0.39, 0.29) is 42.0 Å². The number of aliphatic hydroxyl groups is 1. The lowest BCUT2D eigenvalue weighted by Gasteiger charge is -2.37. The molecule has 2 heterocycles. The Labute approximate surface area is 189 Å². The Morgan fingerprint density at radius 3 is 2.84 bits per heavy atom. The first-order valence-electron chi connectivity index (χ1n) is 9.97. The number of carbonyl (C=O) groups excluding carboxylic acids is 2. The van der Waals surface area contributed by atoms with Crippen LogP contribution in [0.1, 0.15) is 34.6 Å². The lowest BCUT2D eigenvalue weighted by atomic mass is 10.00. The molecule has 0 unspecified atom stereocenters. The van der Waals surface area contributed by atoms with E-state index in [9.17, 15) is 19.1 Å². The van der Waals surface area contributed by atoms with Crippen molar-refractivity contribution in [2.45, 2.75) is 26.0 Å². The van der Waals surface area contributed by atoms with Crippen molar-refractivity contribution in [1.82, 2.24) is 14.8 Å². The summed E-state index contributed by atoms with van der Waals surface area (Å²) < 4.78 is 20.8. The van der Waals surface area contributed by atoms with Crippen LogP contribution >= 0.6 is 15.9 Å². The minimum atomic E-state index is -0.587. The van der Waals surface area contributed by atoms with Crippen LogP contribution in [-0.4, -0.2) is 70.6 Å². The van der Waals surface area contributed by atoms with Gasteiger partial charge in [0.1, 0.15) is 17.5 Å². The van der Waals surface area contributed by atoms with Crippen molar-refractivity contribution in [2.75, 3.05) is 26.7 Å². The number of rotatable bonds is 5. The van der Waals surface area contributed by atoms with Gasteiger partial charge in [-0.05, 0) is 41.1 Å². The molecule has 0 aliphatic carbocycles. The first kappa shape index (κ1) is 23.1. The fraction of sp³-hybridized carbons (Fsp3) is 0.409. The second-order valence-corrected chi connectivity index (χ2v) is 8.71. The lowest BCUT2D eigenvalue weighted by Crippen LogP contribution is -2.50. The first-order chi connectivity index (χ1) is 14.7. The van der Waals surface area contributed by atoms with Crippen LogP contribution in [0.15, 0.2) is 41.0 Å². The molecule has 166 valence electrons. The maximum absolute atomic E-state index is 14.1. The van der Waals surface area contributed by atoms with Gasteiger partial charge < -0.3 is 19.6 Å². The van der Waals surface area contributed by atoms with Gasteiger partial charge in [-0.1, -0.05) is 19.1 Å². The van der Waals surface area contributed by atoms with Gasteiger partial charge in [0.25, 0.3) is 11.8 Å². The summed E-state index contributed by atoms with van der Waals surface area (Å²) in [6.45, 7) is 3.97. The van der Waals surface area contributed by atoms with Crippen LogP contribution in [-0.2, 0) is 0 Å². The molecule has 31 heavy (non-hydrogen) atoms. The van der Waals surface area contributed by atoms with Crippen LogP contribution in [0.4, 0.5) is 4.39 Å². The van der Waals surface area contributed by atoms with Crippen LogP contribution in [0.25, 0.3) is 0 Å². The van der Waals surface area contributed by atoms with Crippen LogP contribution < -0.4 is 4.74 Å². The molecule has 1 aliphatic rings. The Morgan fingerprint density at radius 1 is 1.45 bits per heavy atom. The van der Waals surface area contributed by atoms with Crippen molar-refractivity contribution in [2.24, 2.45) is 5.92 Å². The van der Waals surface area contributed by atoms with Crippen molar-refractivity contribution in [3.8, 4) is 5.88 Å². The molecule has 9 heteroatoms. The Balaban J connectivity index is 1.91. The van der Waals surface area contributed by atoms with E-state index < -0.39 is 23.9 Å². The summed E-state index contributed by atoms with van der Waals surface area (Å²) in [4.78, 5) is 33.1. The van der Waals surface area contributed by atoms with E-state index in [1.165, 1.54) is 29.3 Å². The molecule has 2 aromatic rings.